The molecule has 0 unspecified atom stereocenters. The second kappa shape index (κ2) is 13.1. The van der Waals surface area contributed by atoms with E-state index >= 15 is 0 Å². The smallest absolute Gasteiger partial charge is 0.335 e. The summed E-state index contributed by atoms with van der Waals surface area (Å²) in [7, 11) is 0. The molecule has 194 valence electrons. The van der Waals surface area contributed by atoms with E-state index in [1.54, 1.807) is 42.5 Å². The molecule has 1 atom stereocenters. The van der Waals surface area contributed by atoms with Gasteiger partial charge in [0.15, 0.2) is 11.0 Å². The van der Waals surface area contributed by atoms with Crippen molar-refractivity contribution in [3.63, 3.8) is 0 Å². The lowest BCUT2D eigenvalue weighted by atomic mass is 10.0. The first-order valence-electron chi connectivity index (χ1n) is 11.5. The summed E-state index contributed by atoms with van der Waals surface area (Å²) in [4.78, 5) is 36.7. The van der Waals surface area contributed by atoms with Gasteiger partial charge in [0.1, 0.15) is 0 Å². The number of amides is 2. The van der Waals surface area contributed by atoms with Gasteiger partial charge in [-0.05, 0) is 42.7 Å². The number of halogens is 1. The average molecular weight is 542 g/mol. The number of anilines is 1. The predicted octanol–water partition coefficient (Wildman–Crippen LogP) is 5.06. The third-order valence-electron chi connectivity index (χ3n) is 5.23. The number of carboxylic acids is 1. The van der Waals surface area contributed by atoms with Crippen molar-refractivity contribution in [3.05, 3.63) is 83.2 Å². The van der Waals surface area contributed by atoms with Crippen LogP contribution in [-0.2, 0) is 11.3 Å². The average Bonchev–Trinajstić information content (AvgIpc) is 3.25. The lowest BCUT2D eigenvalue weighted by Crippen LogP contribution is -2.32. The van der Waals surface area contributed by atoms with E-state index in [0.717, 1.165) is 0 Å². The van der Waals surface area contributed by atoms with Crippen LogP contribution in [0.3, 0.4) is 0 Å². The van der Waals surface area contributed by atoms with Crippen LogP contribution in [0.2, 0.25) is 5.02 Å². The van der Waals surface area contributed by atoms with Gasteiger partial charge in [-0.1, -0.05) is 61.5 Å². The SMILES string of the molecule is C=CCn1c(SCC(=O)Nc2cccc(C(=O)O)c2)nnc1[C@@H](CC(C)C)NC(=O)c1ccccc1Cl. The Morgan fingerprint density at radius 1 is 1.16 bits per heavy atom. The third-order valence-corrected chi connectivity index (χ3v) is 6.52. The number of nitrogens with zero attached hydrogens (tertiary/aromatic N) is 3. The molecule has 0 spiro atoms. The van der Waals surface area contributed by atoms with Crippen molar-refractivity contribution >= 4 is 46.8 Å². The van der Waals surface area contributed by atoms with E-state index in [0.29, 0.717) is 40.2 Å². The number of aromatic nitrogens is 3. The lowest BCUT2D eigenvalue weighted by Gasteiger charge is -2.21. The number of thioether (sulfide) groups is 1. The Hall–Kier alpha value is -3.63. The molecule has 2 amide bonds. The van der Waals surface area contributed by atoms with Crippen molar-refractivity contribution < 1.29 is 19.5 Å². The van der Waals surface area contributed by atoms with Gasteiger partial charge in [-0.25, -0.2) is 4.79 Å². The van der Waals surface area contributed by atoms with Gasteiger partial charge in [-0.3, -0.25) is 9.59 Å². The van der Waals surface area contributed by atoms with E-state index in [-0.39, 0.29) is 29.0 Å². The van der Waals surface area contributed by atoms with Crippen LogP contribution in [0, 0.1) is 5.92 Å². The molecule has 0 aliphatic rings. The topological polar surface area (TPSA) is 126 Å². The minimum atomic E-state index is -1.08. The van der Waals surface area contributed by atoms with Gasteiger partial charge >= 0.3 is 5.97 Å². The van der Waals surface area contributed by atoms with E-state index in [4.69, 9.17) is 16.7 Å². The fraction of sp³-hybridized carbons (Fsp3) is 0.269. The number of aromatic carboxylic acids is 1. The highest BCUT2D eigenvalue weighted by molar-refractivity contribution is 7.99. The first-order chi connectivity index (χ1) is 17.7. The third kappa shape index (κ3) is 7.68. The zero-order valence-electron chi connectivity index (χ0n) is 20.5. The van der Waals surface area contributed by atoms with E-state index in [2.05, 4.69) is 27.4 Å². The van der Waals surface area contributed by atoms with Crippen molar-refractivity contribution in [1.82, 2.24) is 20.1 Å². The molecule has 0 fully saturated rings. The first-order valence-corrected chi connectivity index (χ1v) is 12.9. The number of carbonyl (C=O) groups excluding carboxylic acids is 2. The molecule has 1 heterocycles. The Morgan fingerprint density at radius 2 is 1.92 bits per heavy atom. The molecule has 3 aromatic rings. The molecular formula is C26H28ClN5O4S. The van der Waals surface area contributed by atoms with Crippen molar-refractivity contribution in [2.75, 3.05) is 11.1 Å². The number of nitrogens with one attached hydrogen (secondary N) is 2. The van der Waals surface area contributed by atoms with Crippen LogP contribution >= 0.6 is 23.4 Å². The highest BCUT2D eigenvalue weighted by Gasteiger charge is 2.25. The Labute approximate surface area is 224 Å². The van der Waals surface area contributed by atoms with Gasteiger partial charge < -0.3 is 20.3 Å². The van der Waals surface area contributed by atoms with Crippen LogP contribution in [0.5, 0.6) is 0 Å². The zero-order chi connectivity index (χ0) is 26.9. The summed E-state index contributed by atoms with van der Waals surface area (Å²) in [5.74, 6) is -0.907. The number of carbonyl (C=O) groups is 3. The Kier molecular flexibility index (Phi) is 9.87. The Morgan fingerprint density at radius 3 is 2.59 bits per heavy atom. The molecule has 3 N–H and O–H groups in total. The largest absolute Gasteiger partial charge is 0.478 e. The Balaban J connectivity index is 1.77. The predicted molar refractivity (Wildman–Crippen MR) is 144 cm³/mol. The molecule has 0 saturated heterocycles. The fourth-order valence-corrected chi connectivity index (χ4v) is 4.58. The molecule has 3 rings (SSSR count). The van der Waals surface area contributed by atoms with E-state index < -0.39 is 12.0 Å². The molecule has 9 nitrogen and oxygen atoms in total. The maximum atomic E-state index is 13.0. The normalized spacial score (nSPS) is 11.7. The van der Waals surface area contributed by atoms with E-state index in [9.17, 15) is 14.4 Å². The van der Waals surface area contributed by atoms with Gasteiger partial charge in [-0.2, -0.15) is 0 Å². The standard InChI is InChI=1S/C26H28ClN5O4S/c1-4-12-32-23(21(13-16(2)3)29-24(34)19-10-5-6-11-20(19)27)30-31-26(32)37-15-22(33)28-18-9-7-8-17(14-18)25(35)36/h4-11,14,16,21H,1,12-13,15H2,2-3H3,(H,28,33)(H,29,34)(H,35,36)/t21-/m1/s1. The monoisotopic (exact) mass is 541 g/mol. The summed E-state index contributed by atoms with van der Waals surface area (Å²) in [6.07, 6.45) is 2.30. The van der Waals surface area contributed by atoms with Crippen molar-refractivity contribution in [2.45, 2.75) is 38.0 Å². The minimum absolute atomic E-state index is 0.0212. The zero-order valence-corrected chi connectivity index (χ0v) is 22.1. The molecule has 37 heavy (non-hydrogen) atoms. The van der Waals surface area contributed by atoms with Crippen molar-refractivity contribution in [3.8, 4) is 0 Å². The van der Waals surface area contributed by atoms with E-state index in [1.165, 1.54) is 23.9 Å². The summed E-state index contributed by atoms with van der Waals surface area (Å²) >= 11 is 7.39. The molecule has 0 bridgehead atoms. The summed E-state index contributed by atoms with van der Waals surface area (Å²) in [5, 5.41) is 24.3. The minimum Gasteiger partial charge on any atom is -0.478 e. The van der Waals surface area contributed by atoms with Crippen LogP contribution in [-0.4, -0.2) is 43.4 Å². The van der Waals surface area contributed by atoms with Crippen LogP contribution in [0.1, 0.15) is 52.9 Å². The molecule has 0 aliphatic heterocycles. The molecule has 0 radical (unpaired) electrons. The lowest BCUT2D eigenvalue weighted by molar-refractivity contribution is -0.113. The number of rotatable bonds is 12. The Bertz CT molecular complexity index is 1290. The van der Waals surface area contributed by atoms with Crippen molar-refractivity contribution in [1.29, 1.82) is 0 Å². The van der Waals surface area contributed by atoms with Gasteiger partial charge in [0.2, 0.25) is 5.91 Å². The molecule has 0 saturated carbocycles. The molecule has 11 heteroatoms. The number of carboxylic acid groups (broad SMARTS) is 1. The highest BCUT2D eigenvalue weighted by atomic mass is 35.5. The first kappa shape index (κ1) is 27.9. The summed E-state index contributed by atoms with van der Waals surface area (Å²) in [6.45, 7) is 8.28. The van der Waals surface area contributed by atoms with Crippen LogP contribution < -0.4 is 10.6 Å². The maximum Gasteiger partial charge on any atom is 0.335 e. The van der Waals surface area contributed by atoms with Gasteiger partial charge in [-0.15, -0.1) is 16.8 Å². The molecule has 2 aromatic carbocycles. The second-order valence-electron chi connectivity index (χ2n) is 8.60. The number of hydrogen-bond acceptors (Lipinski definition) is 6. The van der Waals surface area contributed by atoms with Crippen LogP contribution in [0.25, 0.3) is 0 Å². The number of hydrogen-bond donors (Lipinski definition) is 3. The molecule has 1 aromatic heterocycles. The number of allylic oxidation sites excluding steroid dienone is 1. The number of benzene rings is 2. The highest BCUT2D eigenvalue weighted by Crippen LogP contribution is 2.26. The van der Waals surface area contributed by atoms with Crippen LogP contribution in [0.4, 0.5) is 5.69 Å². The summed E-state index contributed by atoms with van der Waals surface area (Å²) in [6, 6.07) is 12.4. The van der Waals surface area contributed by atoms with Gasteiger partial charge in [0.05, 0.1) is 27.9 Å². The molecule has 0 aliphatic carbocycles. The summed E-state index contributed by atoms with van der Waals surface area (Å²) < 4.78 is 1.82. The van der Waals surface area contributed by atoms with Crippen molar-refractivity contribution in [2.24, 2.45) is 5.92 Å². The maximum absolute atomic E-state index is 13.0. The van der Waals surface area contributed by atoms with E-state index in [1.807, 2.05) is 18.4 Å². The second-order valence-corrected chi connectivity index (χ2v) is 9.95. The quantitative estimate of drug-likeness (QED) is 0.216. The van der Waals surface area contributed by atoms with Crippen LogP contribution in [0.15, 0.2) is 66.3 Å². The molecular weight excluding hydrogens is 514 g/mol. The van der Waals surface area contributed by atoms with Gasteiger partial charge in [0.25, 0.3) is 5.91 Å². The fourth-order valence-electron chi connectivity index (χ4n) is 3.60. The van der Waals surface area contributed by atoms with Gasteiger partial charge in [0, 0.05) is 12.2 Å². The summed E-state index contributed by atoms with van der Waals surface area (Å²) in [5.41, 5.74) is 0.833.